The molecular weight excluding hydrogens is 162 g/mol. The van der Waals surface area contributed by atoms with Crippen LogP contribution in [0.1, 0.15) is 0 Å². The summed E-state index contributed by atoms with van der Waals surface area (Å²) in [5, 5.41) is 0. The normalized spacial score (nSPS) is 9.62. The van der Waals surface area contributed by atoms with Gasteiger partial charge in [-0.3, -0.25) is 9.26 Å². The molecule has 0 bridgehead atoms. The van der Waals surface area contributed by atoms with E-state index in [1.165, 1.54) is 0 Å². The van der Waals surface area contributed by atoms with Gasteiger partial charge in [-0.2, -0.15) is 8.42 Å². The lowest BCUT2D eigenvalue weighted by molar-refractivity contribution is 0.480. The van der Waals surface area contributed by atoms with Gasteiger partial charge in [0.1, 0.15) is 0 Å². The molecule has 0 rings (SSSR count). The first kappa shape index (κ1) is 10.7. The predicted molar refractivity (Wildman–Crippen MR) is 22.3 cm³/mol. The molecule has 0 aliphatic heterocycles. The summed E-state index contributed by atoms with van der Waals surface area (Å²) in [4.78, 5) is 0. The molecule has 50 valence electrons. The fourth-order valence-electron chi connectivity index (χ4n) is 0. The van der Waals surface area contributed by atoms with Crippen LogP contribution in [0.15, 0.2) is 0 Å². The van der Waals surface area contributed by atoms with Crippen molar-refractivity contribution in [2.45, 2.75) is 0 Å². The third-order valence-corrected chi connectivity index (χ3v) is 1.70. The van der Waals surface area contributed by atoms with Crippen LogP contribution in [0.25, 0.3) is 0 Å². The summed E-state index contributed by atoms with van der Waals surface area (Å²) in [5.41, 5.74) is 0. The van der Waals surface area contributed by atoms with Crippen molar-refractivity contribution in [2.75, 3.05) is 0 Å². The summed E-state index contributed by atoms with van der Waals surface area (Å²) >= 11 is 0. The Morgan fingerprint density at radius 2 is 1.38 bits per heavy atom. The standard InChI is InChI=1S/FH.HO5PS/c;1-6(2)7(3,4)5/h1H;(H,3,4,5). The highest BCUT2D eigenvalue weighted by molar-refractivity contribution is 8.38. The number of halogens is 1. The van der Waals surface area contributed by atoms with E-state index >= 15 is 0 Å². The van der Waals surface area contributed by atoms with Gasteiger partial charge in [0.05, 0.1) is 0 Å². The average molecular weight is 164 g/mol. The van der Waals surface area contributed by atoms with E-state index in [1.807, 2.05) is 0 Å². The minimum Gasteiger partial charge on any atom is -0.274 e. The maximum absolute atomic E-state index is 9.29. The Labute approximate surface area is 44.4 Å². The molecule has 0 aromatic heterocycles. The predicted octanol–water partition coefficient (Wildman–Crippen LogP) is 0.115. The summed E-state index contributed by atoms with van der Waals surface area (Å²) in [6.45, 7) is -3.71. The average Bonchev–Trinajstić information content (AvgIpc) is 1.31. The van der Waals surface area contributed by atoms with Crippen molar-refractivity contribution in [1.29, 1.82) is 0 Å². The van der Waals surface area contributed by atoms with Gasteiger partial charge in [-0.1, -0.05) is 0 Å². The van der Waals surface area contributed by atoms with Gasteiger partial charge >= 0.3 is 16.6 Å². The third kappa shape index (κ3) is 3.91. The lowest BCUT2D eigenvalue weighted by Crippen LogP contribution is -1.81. The Balaban J connectivity index is 0. The van der Waals surface area contributed by atoms with Crippen molar-refractivity contribution in [1.82, 2.24) is 0 Å². The van der Waals surface area contributed by atoms with Gasteiger partial charge in [-0.15, -0.1) is 0 Å². The zero-order chi connectivity index (χ0) is 6.08. The van der Waals surface area contributed by atoms with E-state index < -0.39 is 16.6 Å². The van der Waals surface area contributed by atoms with Crippen molar-refractivity contribution in [3.05, 3.63) is 0 Å². The SMILES string of the molecule is F.O=P(=O)S(=O)(=O)O. The number of hydrogen-bond acceptors (Lipinski definition) is 4. The first-order valence-corrected chi connectivity index (χ1v) is 4.29. The Kier molecular flexibility index (Phi) is 3.88. The fraction of sp³-hybridized carbons (Fsp3) is 0. The van der Waals surface area contributed by atoms with Gasteiger partial charge in [-0.05, 0) is 0 Å². The zero-order valence-corrected chi connectivity index (χ0v) is 5.05. The molecule has 0 saturated heterocycles. The van der Waals surface area contributed by atoms with Gasteiger partial charge in [0.2, 0.25) is 0 Å². The van der Waals surface area contributed by atoms with Crippen molar-refractivity contribution in [3.8, 4) is 0 Å². The molecule has 1 N–H and O–H groups in total. The second-order valence-electron chi connectivity index (χ2n) is 0.671. The Hall–Kier alpha value is -0.260. The first-order valence-electron chi connectivity index (χ1n) is 1.06. The molecule has 0 fully saturated rings. The quantitative estimate of drug-likeness (QED) is 0.439. The summed E-state index contributed by atoms with van der Waals surface area (Å²) in [5.74, 6) is 0. The van der Waals surface area contributed by atoms with E-state index in [1.54, 1.807) is 0 Å². The van der Waals surface area contributed by atoms with Gasteiger partial charge in [0, 0.05) is 0 Å². The summed E-state index contributed by atoms with van der Waals surface area (Å²) in [7, 11) is -4.79. The molecule has 0 aliphatic rings. The highest BCUT2D eigenvalue weighted by Crippen LogP contribution is 2.10. The smallest absolute Gasteiger partial charge is 0.274 e. The van der Waals surface area contributed by atoms with Crippen LogP contribution >= 0.6 is 6.88 Å². The van der Waals surface area contributed by atoms with Gasteiger partial charge in [0.25, 0.3) is 0 Å². The second-order valence-corrected chi connectivity index (χ2v) is 4.29. The number of rotatable bonds is 1. The molecule has 5 nitrogen and oxygen atoms in total. The molecule has 0 saturated carbocycles. The van der Waals surface area contributed by atoms with E-state index in [0.717, 1.165) is 0 Å². The Bertz CT molecular complexity index is 201. The first-order chi connectivity index (χ1) is 2.94. The third-order valence-electron chi connectivity index (χ3n) is 0.188. The van der Waals surface area contributed by atoms with Gasteiger partial charge in [0.15, 0.2) is 0 Å². The van der Waals surface area contributed by atoms with Crippen LogP contribution in [0, 0.1) is 0 Å². The summed E-state index contributed by atoms with van der Waals surface area (Å²) in [6.07, 6.45) is 0. The van der Waals surface area contributed by atoms with Crippen molar-refractivity contribution in [2.24, 2.45) is 0 Å². The van der Waals surface area contributed by atoms with E-state index in [2.05, 4.69) is 0 Å². The highest BCUT2D eigenvalue weighted by atomic mass is 32.8. The van der Waals surface area contributed by atoms with E-state index in [4.69, 9.17) is 4.55 Å². The fourth-order valence-corrected chi connectivity index (χ4v) is 0. The van der Waals surface area contributed by atoms with Gasteiger partial charge in [-0.25, -0.2) is 9.13 Å². The second kappa shape index (κ2) is 2.91. The Morgan fingerprint density at radius 1 is 1.25 bits per heavy atom. The molecule has 0 aliphatic carbocycles. The lowest BCUT2D eigenvalue weighted by atomic mass is 15.9. The molecule has 8 heavy (non-hydrogen) atoms. The Morgan fingerprint density at radius 3 is 1.38 bits per heavy atom. The van der Waals surface area contributed by atoms with Crippen LogP contribution < -0.4 is 0 Å². The van der Waals surface area contributed by atoms with Crippen LogP contribution in [0.3, 0.4) is 0 Å². The molecule has 0 heterocycles. The van der Waals surface area contributed by atoms with Crippen LogP contribution in [0.5, 0.6) is 0 Å². The van der Waals surface area contributed by atoms with Crippen molar-refractivity contribution >= 4 is 16.6 Å². The molecule has 0 aromatic rings. The maximum Gasteiger partial charge on any atom is 0.463 e. The van der Waals surface area contributed by atoms with Crippen LogP contribution in [0.2, 0.25) is 0 Å². The summed E-state index contributed by atoms with van der Waals surface area (Å²) < 4.78 is 44.5. The van der Waals surface area contributed by atoms with Crippen molar-refractivity contribution < 1.29 is 26.8 Å². The molecule has 0 amide bonds. The van der Waals surface area contributed by atoms with Crippen LogP contribution in [0.4, 0.5) is 4.70 Å². The van der Waals surface area contributed by atoms with Gasteiger partial charge < -0.3 is 0 Å². The highest BCUT2D eigenvalue weighted by Gasteiger charge is 2.09. The van der Waals surface area contributed by atoms with Crippen LogP contribution in [-0.2, 0) is 18.9 Å². The molecule has 0 unspecified atom stereocenters. The van der Waals surface area contributed by atoms with Crippen LogP contribution in [-0.4, -0.2) is 13.0 Å². The topological polar surface area (TPSA) is 88.5 Å². The van der Waals surface area contributed by atoms with E-state index in [-0.39, 0.29) is 4.70 Å². The molecular formula is H2FO5PS. The molecule has 8 heteroatoms. The molecule has 0 spiro atoms. The largest absolute Gasteiger partial charge is 0.463 e. The molecule has 0 radical (unpaired) electrons. The van der Waals surface area contributed by atoms with E-state index in [0.29, 0.717) is 0 Å². The van der Waals surface area contributed by atoms with E-state index in [9.17, 15) is 17.5 Å². The number of hydrogen-bond donors (Lipinski definition) is 1. The zero-order valence-electron chi connectivity index (χ0n) is 3.34. The monoisotopic (exact) mass is 164 g/mol. The minimum atomic E-state index is -4.79. The lowest BCUT2D eigenvalue weighted by Gasteiger charge is -1.68. The molecule has 0 aromatic carbocycles. The summed E-state index contributed by atoms with van der Waals surface area (Å²) in [6, 6.07) is 0. The minimum absolute atomic E-state index is 0. The van der Waals surface area contributed by atoms with Crippen molar-refractivity contribution in [3.63, 3.8) is 0 Å². The molecule has 0 atom stereocenters. The maximum atomic E-state index is 9.29.